The predicted octanol–water partition coefficient (Wildman–Crippen LogP) is 9.60. The number of unbranched alkanes of at least 4 members (excludes halogenated alkanes) is 15. The van der Waals surface area contributed by atoms with Gasteiger partial charge in [0.25, 0.3) is 0 Å². The fourth-order valence-electron chi connectivity index (χ4n) is 4.81. The minimum absolute atomic E-state index is 0. The summed E-state index contributed by atoms with van der Waals surface area (Å²) in [5, 5.41) is 3.79. The van der Waals surface area contributed by atoms with E-state index < -0.39 is 0 Å². The van der Waals surface area contributed by atoms with Crippen molar-refractivity contribution in [3.63, 3.8) is 0 Å². The lowest BCUT2D eigenvalue weighted by molar-refractivity contribution is 0.472. The van der Waals surface area contributed by atoms with Gasteiger partial charge in [-0.15, -0.1) is 12.4 Å². The second-order valence-corrected chi connectivity index (χ2v) is 10.5. The van der Waals surface area contributed by atoms with Gasteiger partial charge < -0.3 is 11.1 Å². The van der Waals surface area contributed by atoms with Crippen LogP contribution in [0.2, 0.25) is 0 Å². The van der Waals surface area contributed by atoms with Gasteiger partial charge in [0.2, 0.25) is 0 Å². The van der Waals surface area contributed by atoms with Crippen LogP contribution in [0.1, 0.15) is 154 Å². The Labute approximate surface area is 213 Å². The molecule has 0 saturated carbocycles. The zero-order valence-electron chi connectivity index (χ0n) is 22.6. The molecule has 3 heteroatoms. The molecule has 0 saturated heterocycles. The Morgan fingerprint density at radius 3 is 1.55 bits per heavy atom. The summed E-state index contributed by atoms with van der Waals surface area (Å²) in [6, 6.07) is 9.09. The van der Waals surface area contributed by atoms with Crippen LogP contribution in [-0.4, -0.2) is 6.54 Å². The van der Waals surface area contributed by atoms with E-state index in [1.807, 2.05) is 0 Å². The first-order valence-electron chi connectivity index (χ1n) is 14.1. The first-order chi connectivity index (χ1) is 15.5. The van der Waals surface area contributed by atoms with Crippen LogP contribution in [-0.2, 0) is 5.54 Å². The highest BCUT2D eigenvalue weighted by molar-refractivity contribution is 5.85. The van der Waals surface area contributed by atoms with Crippen LogP contribution in [0.15, 0.2) is 24.3 Å². The van der Waals surface area contributed by atoms with Gasteiger partial charge in [0.05, 0.1) is 0 Å². The summed E-state index contributed by atoms with van der Waals surface area (Å²) in [5.74, 6) is 0. The summed E-state index contributed by atoms with van der Waals surface area (Å²) < 4.78 is 0. The molecule has 1 aromatic rings. The van der Waals surface area contributed by atoms with Crippen LogP contribution >= 0.6 is 12.4 Å². The van der Waals surface area contributed by atoms with Gasteiger partial charge in [-0.2, -0.15) is 0 Å². The average molecular weight is 481 g/mol. The molecule has 0 aliphatic rings. The molecule has 0 bridgehead atoms. The molecule has 194 valence electrons. The number of rotatable bonds is 21. The number of hydrogen-bond donors (Lipinski definition) is 2. The normalized spacial score (nSPS) is 12.5. The van der Waals surface area contributed by atoms with Gasteiger partial charge in [0.1, 0.15) is 0 Å². The molecule has 1 unspecified atom stereocenters. The summed E-state index contributed by atoms with van der Waals surface area (Å²) >= 11 is 0. The lowest BCUT2D eigenvalue weighted by Crippen LogP contribution is -2.32. The molecule has 0 aliphatic heterocycles. The Balaban J connectivity index is 0.0000102. The van der Waals surface area contributed by atoms with Gasteiger partial charge in [-0.1, -0.05) is 134 Å². The quantitative estimate of drug-likeness (QED) is 0.172. The molecular formula is C30H57ClN2. The molecule has 0 heterocycles. The van der Waals surface area contributed by atoms with Gasteiger partial charge in [-0.3, -0.25) is 0 Å². The molecule has 3 N–H and O–H groups in total. The fourth-order valence-corrected chi connectivity index (χ4v) is 4.81. The molecule has 0 radical (unpaired) electrons. The van der Waals surface area contributed by atoms with Gasteiger partial charge in [0.15, 0.2) is 0 Å². The Morgan fingerprint density at radius 2 is 1.12 bits per heavy atom. The number of halogens is 1. The van der Waals surface area contributed by atoms with Crippen molar-refractivity contribution in [3.8, 4) is 0 Å². The van der Waals surface area contributed by atoms with Gasteiger partial charge in [0, 0.05) is 11.6 Å². The van der Waals surface area contributed by atoms with Crippen molar-refractivity contribution >= 4 is 12.4 Å². The molecule has 1 atom stereocenters. The smallest absolute Gasteiger partial charge is 0.0355 e. The molecule has 2 nitrogen and oxygen atoms in total. The highest BCUT2D eigenvalue weighted by Crippen LogP contribution is 2.28. The van der Waals surface area contributed by atoms with Crippen molar-refractivity contribution in [1.29, 1.82) is 0 Å². The summed E-state index contributed by atoms with van der Waals surface area (Å²) in [6.07, 6.45) is 23.9. The lowest BCUT2D eigenvalue weighted by Gasteiger charge is -2.27. The van der Waals surface area contributed by atoms with E-state index in [0.29, 0.717) is 6.04 Å². The number of benzene rings is 1. The van der Waals surface area contributed by atoms with Crippen molar-refractivity contribution in [2.24, 2.45) is 5.73 Å². The van der Waals surface area contributed by atoms with E-state index in [1.54, 1.807) is 0 Å². The monoisotopic (exact) mass is 480 g/mol. The molecular weight excluding hydrogens is 424 g/mol. The second kappa shape index (κ2) is 20.8. The molecule has 0 spiro atoms. The van der Waals surface area contributed by atoms with Crippen molar-refractivity contribution in [2.45, 2.75) is 148 Å². The van der Waals surface area contributed by atoms with Crippen LogP contribution in [0.3, 0.4) is 0 Å². The molecule has 33 heavy (non-hydrogen) atoms. The Bertz CT molecular complexity index is 552. The molecule has 0 amide bonds. The maximum absolute atomic E-state index is 6.42. The van der Waals surface area contributed by atoms with Crippen molar-refractivity contribution in [3.05, 3.63) is 35.4 Å². The first kappa shape index (κ1) is 32.4. The lowest BCUT2D eigenvalue weighted by atomic mass is 9.87. The minimum atomic E-state index is -0.292. The summed E-state index contributed by atoms with van der Waals surface area (Å²) in [4.78, 5) is 0. The third kappa shape index (κ3) is 15.9. The topological polar surface area (TPSA) is 38.0 Å². The van der Waals surface area contributed by atoms with E-state index in [-0.39, 0.29) is 17.9 Å². The van der Waals surface area contributed by atoms with E-state index >= 15 is 0 Å². The second-order valence-electron chi connectivity index (χ2n) is 10.5. The van der Waals surface area contributed by atoms with E-state index in [4.69, 9.17) is 5.73 Å². The van der Waals surface area contributed by atoms with E-state index in [2.05, 4.69) is 57.3 Å². The van der Waals surface area contributed by atoms with Crippen LogP contribution in [0.4, 0.5) is 0 Å². The van der Waals surface area contributed by atoms with E-state index in [9.17, 15) is 0 Å². The van der Waals surface area contributed by atoms with E-state index in [1.165, 1.54) is 114 Å². The van der Waals surface area contributed by atoms with Crippen LogP contribution in [0.5, 0.6) is 0 Å². The molecule has 1 rings (SSSR count). The maximum Gasteiger partial charge on any atom is 0.0355 e. The molecule has 0 aromatic heterocycles. The summed E-state index contributed by atoms with van der Waals surface area (Å²) in [5.41, 5.74) is 8.77. The largest absolute Gasteiger partial charge is 0.322 e. The van der Waals surface area contributed by atoms with Gasteiger partial charge >= 0.3 is 0 Å². The highest BCUT2D eigenvalue weighted by atomic mass is 35.5. The Morgan fingerprint density at radius 1 is 0.697 bits per heavy atom. The standard InChI is InChI=1S/C30H56N2.ClH/c1-5-7-8-9-10-11-12-13-14-15-16-17-18-19-20-23-26-32-29(6-2)27-24-21-22-25-28(27)30(3,4)31;/h21-22,24-25,29,32H,5-20,23,26,31H2,1-4H3;1H. The number of nitrogens with one attached hydrogen (secondary N) is 1. The zero-order chi connectivity index (χ0) is 23.5. The summed E-state index contributed by atoms with van der Waals surface area (Å²) in [7, 11) is 0. The van der Waals surface area contributed by atoms with Gasteiger partial charge in [-0.25, -0.2) is 0 Å². The molecule has 0 aliphatic carbocycles. The number of nitrogens with two attached hydrogens (primary N) is 1. The van der Waals surface area contributed by atoms with Crippen molar-refractivity contribution in [2.75, 3.05) is 6.54 Å². The Kier molecular flexibility index (Phi) is 20.4. The van der Waals surface area contributed by atoms with Crippen molar-refractivity contribution < 1.29 is 0 Å². The van der Waals surface area contributed by atoms with Crippen LogP contribution in [0.25, 0.3) is 0 Å². The van der Waals surface area contributed by atoms with Gasteiger partial charge in [-0.05, 0) is 44.4 Å². The predicted molar refractivity (Wildman–Crippen MR) is 151 cm³/mol. The van der Waals surface area contributed by atoms with E-state index in [0.717, 1.165) is 13.0 Å². The average Bonchev–Trinajstić information content (AvgIpc) is 2.78. The van der Waals surface area contributed by atoms with Crippen molar-refractivity contribution in [1.82, 2.24) is 5.32 Å². The molecule has 1 aromatic carbocycles. The van der Waals surface area contributed by atoms with Crippen LogP contribution < -0.4 is 11.1 Å². The van der Waals surface area contributed by atoms with Crippen LogP contribution in [0, 0.1) is 0 Å². The highest BCUT2D eigenvalue weighted by Gasteiger charge is 2.21. The summed E-state index contributed by atoms with van der Waals surface area (Å²) in [6.45, 7) is 9.88. The third-order valence-electron chi connectivity index (χ3n) is 6.86. The zero-order valence-corrected chi connectivity index (χ0v) is 23.4. The molecule has 0 fully saturated rings. The maximum atomic E-state index is 6.42. The first-order valence-corrected chi connectivity index (χ1v) is 14.1. The minimum Gasteiger partial charge on any atom is -0.322 e. The fraction of sp³-hybridized carbons (Fsp3) is 0.800. The SMILES string of the molecule is CCCCCCCCCCCCCCCCCCNC(CC)c1ccccc1C(C)(C)N.Cl. The Hall–Kier alpha value is -0.570. The number of hydrogen-bond acceptors (Lipinski definition) is 2. The third-order valence-corrected chi connectivity index (χ3v) is 6.86.